The molecule has 0 bridgehead atoms. The van der Waals surface area contributed by atoms with Gasteiger partial charge in [-0.3, -0.25) is 0 Å². The van der Waals surface area contributed by atoms with Crippen LogP contribution in [0.3, 0.4) is 0 Å². The predicted molar refractivity (Wildman–Crippen MR) is 44.2 cm³/mol. The summed E-state index contributed by atoms with van der Waals surface area (Å²) in [5, 5.41) is 0. The first-order valence-corrected chi connectivity index (χ1v) is 2.52. The van der Waals surface area contributed by atoms with E-state index in [1.165, 1.54) is 0 Å². The molecule has 0 amide bonds. The second-order valence-corrected chi connectivity index (χ2v) is 1.78. The summed E-state index contributed by atoms with van der Waals surface area (Å²) in [5.41, 5.74) is 0. The van der Waals surface area contributed by atoms with E-state index in [2.05, 4.69) is 0 Å². The first-order chi connectivity index (χ1) is 3.39. The standard InChI is InChI=1S/C6H6S.CH3.Cu.Li/c7-6-4-2-1-3-5-6;;;/h1-5,7H;1H3;;/q;-1;+2;/p-1. The van der Waals surface area contributed by atoms with Gasteiger partial charge in [-0.05, 0) is 0 Å². The van der Waals surface area contributed by atoms with Gasteiger partial charge in [0.1, 0.15) is 0 Å². The topological polar surface area (TPSA) is 0 Å². The summed E-state index contributed by atoms with van der Waals surface area (Å²) in [7, 11) is 0. The van der Waals surface area contributed by atoms with E-state index >= 15 is 0 Å². The summed E-state index contributed by atoms with van der Waals surface area (Å²) in [6.07, 6.45) is 0. The van der Waals surface area contributed by atoms with Crippen LogP contribution in [0.25, 0.3) is 0 Å². The number of rotatable bonds is 0. The van der Waals surface area contributed by atoms with Gasteiger partial charge in [-0.2, -0.15) is 4.90 Å². The van der Waals surface area contributed by atoms with Gasteiger partial charge in [0, 0.05) is 18.9 Å². The largest absolute Gasteiger partial charge is 2.00 e. The third kappa shape index (κ3) is 6.67. The van der Waals surface area contributed by atoms with Crippen molar-refractivity contribution < 1.29 is 17.1 Å². The van der Waals surface area contributed by atoms with E-state index < -0.39 is 0 Å². The molecule has 0 fully saturated rings. The summed E-state index contributed by atoms with van der Waals surface area (Å²) in [6.45, 7) is 0. The molecule has 0 N–H and O–H groups in total. The van der Waals surface area contributed by atoms with Crippen LogP contribution < -0.4 is 0 Å². The van der Waals surface area contributed by atoms with E-state index in [4.69, 9.17) is 12.6 Å². The maximum Gasteiger partial charge on any atom is 2.00 e. The van der Waals surface area contributed by atoms with E-state index in [0.717, 1.165) is 4.90 Å². The van der Waals surface area contributed by atoms with E-state index in [9.17, 15) is 0 Å². The fourth-order valence-electron chi connectivity index (χ4n) is 0.420. The molecule has 0 heterocycles. The summed E-state index contributed by atoms with van der Waals surface area (Å²) < 4.78 is 0. The Kier molecular flexibility index (Phi) is 16.1. The average molecular weight is 195 g/mol. The molecule has 0 saturated carbocycles. The molecule has 0 spiro atoms. The molecule has 1 aromatic rings. The minimum atomic E-state index is 0. The molecule has 2 radical (unpaired) electrons. The molecule has 1 aromatic carbocycles. The van der Waals surface area contributed by atoms with Crippen molar-refractivity contribution in [3.8, 4) is 0 Å². The second-order valence-electron chi connectivity index (χ2n) is 1.31. The van der Waals surface area contributed by atoms with Crippen molar-refractivity contribution in [3.05, 3.63) is 37.8 Å². The zero-order valence-corrected chi connectivity index (χ0v) is 7.85. The van der Waals surface area contributed by atoms with Gasteiger partial charge < -0.3 is 20.1 Å². The molecule has 3 heteroatoms. The third-order valence-electron chi connectivity index (χ3n) is 0.743. The van der Waals surface area contributed by atoms with Crippen LogP contribution in [-0.4, -0.2) is 18.9 Å². The summed E-state index contributed by atoms with van der Waals surface area (Å²) >= 11 is 4.81. The normalized spacial score (nSPS) is 6.00. The van der Waals surface area contributed by atoms with Crippen LogP contribution in [0.15, 0.2) is 35.2 Å². The van der Waals surface area contributed by atoms with Crippen molar-refractivity contribution in [1.82, 2.24) is 0 Å². The summed E-state index contributed by atoms with van der Waals surface area (Å²) in [4.78, 5) is 0.905. The Bertz CT molecular complexity index is 144. The molecule has 0 atom stereocenters. The Balaban J connectivity index is -0.000000163. The van der Waals surface area contributed by atoms with Gasteiger partial charge in [-0.25, -0.2) is 0 Å². The third-order valence-corrected chi connectivity index (χ3v) is 1.02. The van der Waals surface area contributed by atoms with Gasteiger partial charge in [0.15, 0.2) is 0 Å². The molecular weight excluding hydrogens is 187 g/mol. The molecule has 0 aliphatic rings. The van der Waals surface area contributed by atoms with Gasteiger partial charge in [-0.15, -0.1) is 0 Å². The molecule has 0 aliphatic heterocycles. The molecule has 0 nitrogen and oxygen atoms in total. The quantitative estimate of drug-likeness (QED) is 0.344. The molecule has 0 aliphatic carbocycles. The van der Waals surface area contributed by atoms with Crippen molar-refractivity contribution in [2.45, 2.75) is 4.90 Å². The Hall–Kier alpha value is 0.557. The Labute approximate surface area is 90.9 Å². The van der Waals surface area contributed by atoms with Gasteiger partial charge in [0.25, 0.3) is 0 Å². The monoisotopic (exact) mass is 194 g/mol. The van der Waals surface area contributed by atoms with Gasteiger partial charge in [-0.1, -0.05) is 30.3 Å². The maximum atomic E-state index is 4.81. The fraction of sp³-hybridized carbons (Fsp3) is 0. The van der Waals surface area contributed by atoms with Crippen molar-refractivity contribution in [1.29, 1.82) is 0 Å². The first kappa shape index (κ1) is 16.9. The summed E-state index contributed by atoms with van der Waals surface area (Å²) in [6, 6.07) is 9.62. The van der Waals surface area contributed by atoms with Crippen LogP contribution >= 0.6 is 0 Å². The molecule has 0 saturated heterocycles. The maximum absolute atomic E-state index is 4.81. The van der Waals surface area contributed by atoms with E-state index in [1.807, 2.05) is 30.3 Å². The number of hydrogen-bond donors (Lipinski definition) is 0. The van der Waals surface area contributed by atoms with Crippen molar-refractivity contribution in [2.24, 2.45) is 0 Å². The predicted octanol–water partition coefficient (Wildman–Crippen LogP) is 1.66. The van der Waals surface area contributed by atoms with Gasteiger partial charge in [0.2, 0.25) is 0 Å². The van der Waals surface area contributed by atoms with Crippen LogP contribution in [0.1, 0.15) is 0 Å². The molecular formula is C7H8CuLiS. The van der Waals surface area contributed by atoms with E-state index in [-0.39, 0.29) is 43.4 Å². The average Bonchev–Trinajstić information content (AvgIpc) is 1.69. The molecule has 0 aromatic heterocycles. The van der Waals surface area contributed by atoms with Crippen molar-refractivity contribution in [3.63, 3.8) is 0 Å². The van der Waals surface area contributed by atoms with Crippen LogP contribution in [0.2, 0.25) is 0 Å². The Morgan fingerprint density at radius 1 is 1.00 bits per heavy atom. The van der Waals surface area contributed by atoms with Crippen LogP contribution in [0.4, 0.5) is 0 Å². The zero-order valence-electron chi connectivity index (χ0n) is 6.10. The first-order valence-electron chi connectivity index (χ1n) is 2.11. The van der Waals surface area contributed by atoms with E-state index in [0.29, 0.717) is 0 Å². The fourth-order valence-corrected chi connectivity index (χ4v) is 0.578. The van der Waals surface area contributed by atoms with Crippen molar-refractivity contribution in [2.75, 3.05) is 0 Å². The molecule has 54 valence electrons. The molecule has 0 unspecified atom stereocenters. The van der Waals surface area contributed by atoms with Crippen LogP contribution in [0.5, 0.6) is 0 Å². The minimum absolute atomic E-state index is 0. The van der Waals surface area contributed by atoms with Crippen LogP contribution in [-0.2, 0) is 29.7 Å². The number of benzene rings is 1. The Morgan fingerprint density at radius 2 is 1.40 bits per heavy atom. The molecule has 10 heavy (non-hydrogen) atoms. The second kappa shape index (κ2) is 9.56. The van der Waals surface area contributed by atoms with E-state index in [1.54, 1.807) is 0 Å². The van der Waals surface area contributed by atoms with Gasteiger partial charge >= 0.3 is 17.1 Å². The smallest absolute Gasteiger partial charge is 0.780 e. The van der Waals surface area contributed by atoms with Crippen LogP contribution in [0, 0.1) is 7.43 Å². The SMILES string of the molecule is [CH3-].[Cu+2].[Li].[S-]c1ccccc1. The molecule has 1 rings (SSSR count). The van der Waals surface area contributed by atoms with Crippen molar-refractivity contribution >= 4 is 31.5 Å². The minimum Gasteiger partial charge on any atom is -0.780 e. The number of hydrogen-bond acceptors (Lipinski definition) is 1. The summed E-state index contributed by atoms with van der Waals surface area (Å²) in [5.74, 6) is 0. The van der Waals surface area contributed by atoms with Gasteiger partial charge in [0.05, 0.1) is 0 Å². The zero-order chi connectivity index (χ0) is 5.11. The Morgan fingerprint density at radius 3 is 1.60 bits per heavy atom.